The molecule has 1 aliphatic heterocycles. The van der Waals surface area contributed by atoms with Crippen molar-refractivity contribution in [2.24, 2.45) is 0 Å². The number of fused-ring (bicyclic) bond motifs is 1. The molecule has 1 aromatic carbocycles. The van der Waals surface area contributed by atoms with Gasteiger partial charge in [0.05, 0.1) is 5.69 Å². The molecule has 120 valence electrons. The number of hydrogen-bond donors (Lipinski definition) is 1. The fraction of sp³-hybridized carbons (Fsp3) is 0.353. The van der Waals surface area contributed by atoms with Gasteiger partial charge in [-0.25, -0.2) is 4.98 Å². The second-order valence-corrected chi connectivity index (χ2v) is 7.91. The van der Waals surface area contributed by atoms with Crippen LogP contribution in [-0.4, -0.2) is 24.3 Å². The van der Waals surface area contributed by atoms with E-state index in [0.717, 1.165) is 18.7 Å². The minimum absolute atomic E-state index is 0.0923. The molecule has 6 heteroatoms. The molecule has 0 atom stereocenters. The number of rotatable bonds is 4. The van der Waals surface area contributed by atoms with Gasteiger partial charge in [-0.3, -0.25) is 9.62 Å². The molecule has 23 heavy (non-hydrogen) atoms. The summed E-state index contributed by atoms with van der Waals surface area (Å²) in [7, 11) is -3.67. The number of hydrogen-bond acceptors (Lipinski definition) is 4. The molecule has 2 aliphatic rings. The Morgan fingerprint density at radius 3 is 2.74 bits per heavy atom. The van der Waals surface area contributed by atoms with Crippen LogP contribution < -0.4 is 4.72 Å². The summed E-state index contributed by atoms with van der Waals surface area (Å²) in [5, 5.41) is 0.0923. The van der Waals surface area contributed by atoms with Gasteiger partial charge in [0.2, 0.25) is 0 Å². The predicted octanol–water partition coefficient (Wildman–Crippen LogP) is 2.67. The van der Waals surface area contributed by atoms with E-state index in [-0.39, 0.29) is 5.03 Å². The van der Waals surface area contributed by atoms with Gasteiger partial charge < -0.3 is 0 Å². The number of nitrogens with one attached hydrogen (secondary N) is 1. The summed E-state index contributed by atoms with van der Waals surface area (Å²) >= 11 is 0. The third-order valence-corrected chi connectivity index (χ3v) is 5.96. The largest absolute Gasteiger partial charge is 0.292 e. The van der Waals surface area contributed by atoms with Gasteiger partial charge in [0.15, 0.2) is 5.03 Å². The highest BCUT2D eigenvalue weighted by molar-refractivity contribution is 7.92. The van der Waals surface area contributed by atoms with E-state index in [1.54, 1.807) is 19.1 Å². The SMILES string of the molecule is Cc1cccnc1S(=O)(=O)Nc1cccc2c1CN(C1CC1)C2. The molecular weight excluding hydrogens is 310 g/mol. The smallest absolute Gasteiger partial charge is 0.279 e. The first-order chi connectivity index (χ1) is 11.0. The lowest BCUT2D eigenvalue weighted by molar-refractivity contribution is 0.273. The van der Waals surface area contributed by atoms with Gasteiger partial charge in [-0.2, -0.15) is 8.42 Å². The molecule has 1 aliphatic carbocycles. The zero-order valence-corrected chi connectivity index (χ0v) is 13.8. The van der Waals surface area contributed by atoms with Crippen LogP contribution in [0, 0.1) is 6.92 Å². The summed E-state index contributed by atoms with van der Waals surface area (Å²) in [6.07, 6.45) is 4.01. The van der Waals surface area contributed by atoms with Gasteiger partial charge >= 0.3 is 0 Å². The molecule has 0 spiro atoms. The van der Waals surface area contributed by atoms with Crippen molar-refractivity contribution >= 4 is 15.7 Å². The highest BCUT2D eigenvalue weighted by Gasteiger charge is 2.34. The molecule has 0 unspecified atom stereocenters. The predicted molar refractivity (Wildman–Crippen MR) is 88.5 cm³/mol. The van der Waals surface area contributed by atoms with Crippen LogP contribution in [0.2, 0.25) is 0 Å². The summed E-state index contributed by atoms with van der Waals surface area (Å²) in [4.78, 5) is 6.46. The quantitative estimate of drug-likeness (QED) is 0.937. The van der Waals surface area contributed by atoms with Crippen LogP contribution >= 0.6 is 0 Å². The molecule has 1 saturated carbocycles. The highest BCUT2D eigenvalue weighted by atomic mass is 32.2. The number of pyridine rings is 1. The maximum atomic E-state index is 12.7. The summed E-state index contributed by atoms with van der Waals surface area (Å²) in [6.45, 7) is 3.49. The zero-order valence-electron chi connectivity index (χ0n) is 13.0. The minimum atomic E-state index is -3.67. The maximum absolute atomic E-state index is 12.7. The van der Waals surface area contributed by atoms with Crippen LogP contribution in [0.3, 0.4) is 0 Å². The van der Waals surface area contributed by atoms with Crippen molar-refractivity contribution < 1.29 is 8.42 Å². The van der Waals surface area contributed by atoms with Crippen molar-refractivity contribution in [2.75, 3.05) is 4.72 Å². The molecule has 1 aromatic heterocycles. The lowest BCUT2D eigenvalue weighted by atomic mass is 10.1. The van der Waals surface area contributed by atoms with E-state index in [0.29, 0.717) is 17.3 Å². The summed E-state index contributed by atoms with van der Waals surface area (Å²) < 4.78 is 28.1. The molecule has 0 amide bonds. The monoisotopic (exact) mass is 329 g/mol. The molecule has 4 rings (SSSR count). The maximum Gasteiger partial charge on any atom is 0.279 e. The van der Waals surface area contributed by atoms with Crippen LogP contribution in [0.1, 0.15) is 29.5 Å². The Kier molecular flexibility index (Phi) is 3.39. The van der Waals surface area contributed by atoms with Gasteiger partial charge in [0.1, 0.15) is 0 Å². The third-order valence-electron chi connectivity index (χ3n) is 4.53. The second-order valence-electron chi connectivity index (χ2n) is 6.31. The Hall–Kier alpha value is -1.92. The zero-order chi connectivity index (χ0) is 16.0. The molecule has 2 heterocycles. The van der Waals surface area contributed by atoms with Gasteiger partial charge in [0.25, 0.3) is 10.0 Å². The van der Waals surface area contributed by atoms with Crippen molar-refractivity contribution in [3.05, 3.63) is 53.2 Å². The first-order valence-corrected chi connectivity index (χ1v) is 9.32. The summed E-state index contributed by atoms with van der Waals surface area (Å²) in [5.41, 5.74) is 3.63. The highest BCUT2D eigenvalue weighted by Crippen LogP contribution is 2.37. The first kappa shape index (κ1) is 14.7. The molecule has 1 fully saturated rings. The number of aromatic nitrogens is 1. The number of nitrogens with zero attached hydrogens (tertiary/aromatic N) is 2. The van der Waals surface area contributed by atoms with E-state index >= 15 is 0 Å². The Bertz CT molecular complexity index is 860. The molecule has 1 N–H and O–H groups in total. The van der Waals surface area contributed by atoms with Crippen LogP contribution in [-0.2, 0) is 23.1 Å². The van der Waals surface area contributed by atoms with Crippen molar-refractivity contribution in [2.45, 2.75) is 43.9 Å². The molecule has 5 nitrogen and oxygen atoms in total. The second kappa shape index (κ2) is 5.32. The van der Waals surface area contributed by atoms with Crippen LogP contribution in [0.25, 0.3) is 0 Å². The molecular formula is C17H19N3O2S. The van der Waals surface area contributed by atoms with Gasteiger partial charge in [-0.1, -0.05) is 18.2 Å². The number of aryl methyl sites for hydroxylation is 1. The third kappa shape index (κ3) is 2.72. The number of anilines is 1. The molecule has 2 aromatic rings. The van der Waals surface area contributed by atoms with Gasteiger partial charge in [0, 0.05) is 25.3 Å². The van der Waals surface area contributed by atoms with Crippen LogP contribution in [0.15, 0.2) is 41.6 Å². The molecule has 0 radical (unpaired) electrons. The fourth-order valence-electron chi connectivity index (χ4n) is 3.19. The van der Waals surface area contributed by atoms with E-state index in [2.05, 4.69) is 20.7 Å². The van der Waals surface area contributed by atoms with E-state index in [9.17, 15) is 8.42 Å². The number of benzene rings is 1. The van der Waals surface area contributed by atoms with Crippen LogP contribution in [0.5, 0.6) is 0 Å². The van der Waals surface area contributed by atoms with E-state index in [1.165, 1.54) is 24.6 Å². The van der Waals surface area contributed by atoms with Crippen molar-refractivity contribution in [3.8, 4) is 0 Å². The minimum Gasteiger partial charge on any atom is -0.292 e. The molecule has 0 bridgehead atoms. The first-order valence-electron chi connectivity index (χ1n) is 7.84. The lowest BCUT2D eigenvalue weighted by Crippen LogP contribution is -2.19. The normalized spacial score (nSPS) is 18.0. The average Bonchev–Trinajstić information content (AvgIpc) is 3.27. The van der Waals surface area contributed by atoms with Gasteiger partial charge in [-0.15, -0.1) is 0 Å². The van der Waals surface area contributed by atoms with E-state index in [1.807, 2.05) is 12.1 Å². The van der Waals surface area contributed by atoms with Crippen LogP contribution in [0.4, 0.5) is 5.69 Å². The molecule has 0 saturated heterocycles. The average molecular weight is 329 g/mol. The summed E-state index contributed by atoms with van der Waals surface area (Å²) in [6, 6.07) is 10.0. The Morgan fingerprint density at radius 2 is 2.00 bits per heavy atom. The van der Waals surface area contributed by atoms with Crippen molar-refractivity contribution in [3.63, 3.8) is 0 Å². The Morgan fingerprint density at radius 1 is 1.17 bits per heavy atom. The number of sulfonamides is 1. The van der Waals surface area contributed by atoms with Crippen molar-refractivity contribution in [1.29, 1.82) is 0 Å². The van der Waals surface area contributed by atoms with Crippen molar-refractivity contribution in [1.82, 2.24) is 9.88 Å². The lowest BCUT2D eigenvalue weighted by Gasteiger charge is -2.14. The Balaban J connectivity index is 1.66. The fourth-order valence-corrected chi connectivity index (χ4v) is 4.46. The summed E-state index contributed by atoms with van der Waals surface area (Å²) in [5.74, 6) is 0. The van der Waals surface area contributed by atoms with E-state index < -0.39 is 10.0 Å². The standard InChI is InChI=1S/C17H19N3O2S/c1-12-4-3-9-18-17(12)23(21,22)19-16-6-2-5-13-10-20(11-15(13)16)14-7-8-14/h2-6,9,14,19H,7-8,10-11H2,1H3. The topological polar surface area (TPSA) is 62.3 Å². The van der Waals surface area contributed by atoms with Gasteiger partial charge in [-0.05, 0) is 48.6 Å². The Labute approximate surface area is 136 Å². The van der Waals surface area contributed by atoms with E-state index in [4.69, 9.17) is 0 Å².